The highest BCUT2D eigenvalue weighted by Gasteiger charge is 2.19. The van der Waals surface area contributed by atoms with Crippen LogP contribution in [0.2, 0.25) is 0 Å². The Morgan fingerprint density at radius 1 is 1.12 bits per heavy atom. The Morgan fingerprint density at radius 3 is 2.75 bits per heavy atom. The zero-order valence-electron chi connectivity index (χ0n) is 12.8. The highest BCUT2D eigenvalue weighted by molar-refractivity contribution is 5.85. The van der Waals surface area contributed by atoms with Gasteiger partial charge >= 0.3 is 0 Å². The highest BCUT2D eigenvalue weighted by Crippen LogP contribution is 2.26. The minimum absolute atomic E-state index is 0.150. The fourth-order valence-corrected chi connectivity index (χ4v) is 2.69. The van der Waals surface area contributed by atoms with Gasteiger partial charge in [0.2, 0.25) is 5.95 Å². The number of ether oxygens (including phenoxy) is 1. The van der Waals surface area contributed by atoms with Crippen LogP contribution in [-0.2, 0) is 4.74 Å². The molecule has 0 bridgehead atoms. The summed E-state index contributed by atoms with van der Waals surface area (Å²) in [5.74, 6) is 0.458. The average Bonchev–Trinajstić information content (AvgIpc) is 2.61. The fourth-order valence-electron chi connectivity index (χ4n) is 2.69. The number of rotatable bonds is 2. The van der Waals surface area contributed by atoms with Gasteiger partial charge in [-0.1, -0.05) is 12.1 Å². The number of hydrogen-bond donors (Lipinski definition) is 1. The van der Waals surface area contributed by atoms with Crippen molar-refractivity contribution in [1.29, 1.82) is 0 Å². The second kappa shape index (κ2) is 5.97. The molecule has 7 nitrogen and oxygen atoms in total. The van der Waals surface area contributed by atoms with Crippen LogP contribution in [0.1, 0.15) is 0 Å². The summed E-state index contributed by atoms with van der Waals surface area (Å²) in [6, 6.07) is 6.23. The molecule has 3 heterocycles. The Hall–Kier alpha value is -2.87. The van der Waals surface area contributed by atoms with Crippen LogP contribution in [0.25, 0.3) is 22.4 Å². The second-order valence-electron chi connectivity index (χ2n) is 5.44. The lowest BCUT2D eigenvalue weighted by molar-refractivity contribution is 0.122. The fraction of sp³-hybridized carbons (Fsp3) is 0.250. The maximum absolute atomic E-state index is 13.5. The molecule has 0 saturated carbocycles. The summed E-state index contributed by atoms with van der Waals surface area (Å²) in [6.07, 6.45) is 1.56. The third kappa shape index (κ3) is 2.71. The number of fused-ring (bicyclic) bond motifs is 1. The Labute approximate surface area is 137 Å². The van der Waals surface area contributed by atoms with Crippen molar-refractivity contribution in [2.24, 2.45) is 0 Å². The first-order valence-electron chi connectivity index (χ1n) is 7.59. The van der Waals surface area contributed by atoms with Gasteiger partial charge in [0, 0.05) is 18.7 Å². The van der Waals surface area contributed by atoms with Gasteiger partial charge in [0.1, 0.15) is 5.82 Å². The first-order valence-corrected chi connectivity index (χ1v) is 7.59. The van der Waals surface area contributed by atoms with Gasteiger partial charge in [0.05, 0.1) is 25.1 Å². The summed E-state index contributed by atoms with van der Waals surface area (Å²) >= 11 is 0. The number of nitrogens with two attached hydrogens (primary N) is 1. The lowest BCUT2D eigenvalue weighted by Crippen LogP contribution is -2.37. The van der Waals surface area contributed by atoms with Crippen molar-refractivity contribution in [3.8, 4) is 11.3 Å². The largest absolute Gasteiger partial charge is 0.378 e. The van der Waals surface area contributed by atoms with E-state index in [1.165, 1.54) is 12.1 Å². The molecule has 1 saturated heterocycles. The highest BCUT2D eigenvalue weighted by atomic mass is 19.1. The standard InChI is InChI=1S/C16H15FN6O/c17-11-3-1-2-10(8-11)12-9-19-14-13(20-12)15(22-16(18)21-14)23-4-6-24-7-5-23/h1-3,8-9H,4-7H2,(H2,18,19,21,22). The number of nitrogens with zero attached hydrogens (tertiary/aromatic N) is 5. The van der Waals surface area contributed by atoms with E-state index in [1.807, 2.05) is 4.90 Å². The van der Waals surface area contributed by atoms with Gasteiger partial charge < -0.3 is 15.4 Å². The molecule has 0 spiro atoms. The van der Waals surface area contributed by atoms with Gasteiger partial charge in [0.25, 0.3) is 0 Å². The van der Waals surface area contributed by atoms with Gasteiger partial charge in [-0.25, -0.2) is 14.4 Å². The molecule has 122 valence electrons. The van der Waals surface area contributed by atoms with Crippen LogP contribution in [0, 0.1) is 5.82 Å². The van der Waals surface area contributed by atoms with Crippen LogP contribution >= 0.6 is 0 Å². The first kappa shape index (κ1) is 14.7. The number of halogens is 1. The Morgan fingerprint density at radius 2 is 1.96 bits per heavy atom. The summed E-state index contributed by atoms with van der Waals surface area (Å²) in [4.78, 5) is 19.5. The number of anilines is 2. The lowest BCUT2D eigenvalue weighted by Gasteiger charge is -2.28. The minimum Gasteiger partial charge on any atom is -0.378 e. The Kier molecular flexibility index (Phi) is 3.66. The molecule has 0 atom stereocenters. The van der Waals surface area contributed by atoms with E-state index in [4.69, 9.17) is 10.5 Å². The number of nitrogen functional groups attached to an aromatic ring is 1. The third-order valence-electron chi connectivity index (χ3n) is 3.84. The molecule has 0 radical (unpaired) electrons. The molecular formula is C16H15FN6O. The molecule has 0 amide bonds. The van der Waals surface area contributed by atoms with Crippen molar-refractivity contribution in [3.63, 3.8) is 0 Å². The van der Waals surface area contributed by atoms with E-state index in [-0.39, 0.29) is 11.8 Å². The zero-order chi connectivity index (χ0) is 16.5. The molecule has 2 N–H and O–H groups in total. The molecule has 4 rings (SSSR count). The van der Waals surface area contributed by atoms with E-state index >= 15 is 0 Å². The predicted molar refractivity (Wildman–Crippen MR) is 88.0 cm³/mol. The molecule has 3 aromatic rings. The number of hydrogen-bond acceptors (Lipinski definition) is 7. The van der Waals surface area contributed by atoms with Crippen molar-refractivity contribution in [3.05, 3.63) is 36.3 Å². The number of morpholine rings is 1. The van der Waals surface area contributed by atoms with Crippen LogP contribution in [0.5, 0.6) is 0 Å². The summed E-state index contributed by atoms with van der Waals surface area (Å²) in [6.45, 7) is 2.61. The lowest BCUT2D eigenvalue weighted by atomic mass is 10.1. The molecule has 0 unspecified atom stereocenters. The SMILES string of the molecule is Nc1nc(N2CCOCC2)c2nc(-c3cccc(F)c3)cnc2n1. The van der Waals surface area contributed by atoms with Gasteiger partial charge in [-0.2, -0.15) is 9.97 Å². The Bertz CT molecular complexity index is 897. The smallest absolute Gasteiger partial charge is 0.224 e. The van der Waals surface area contributed by atoms with E-state index in [1.54, 1.807) is 18.3 Å². The van der Waals surface area contributed by atoms with Crippen molar-refractivity contribution in [1.82, 2.24) is 19.9 Å². The van der Waals surface area contributed by atoms with Crippen LogP contribution in [0.4, 0.5) is 16.2 Å². The maximum Gasteiger partial charge on any atom is 0.224 e. The van der Waals surface area contributed by atoms with Crippen molar-refractivity contribution in [2.45, 2.75) is 0 Å². The van der Waals surface area contributed by atoms with Gasteiger partial charge in [-0.15, -0.1) is 0 Å². The number of aromatic nitrogens is 4. The van der Waals surface area contributed by atoms with Crippen LogP contribution in [0.3, 0.4) is 0 Å². The molecule has 1 aliphatic rings. The summed E-state index contributed by atoms with van der Waals surface area (Å²) in [5, 5.41) is 0. The molecule has 24 heavy (non-hydrogen) atoms. The molecule has 8 heteroatoms. The molecule has 1 fully saturated rings. The molecule has 0 aliphatic carbocycles. The zero-order valence-corrected chi connectivity index (χ0v) is 12.8. The third-order valence-corrected chi connectivity index (χ3v) is 3.84. The molecule has 2 aromatic heterocycles. The van der Waals surface area contributed by atoms with E-state index < -0.39 is 0 Å². The van der Waals surface area contributed by atoms with Crippen molar-refractivity contribution in [2.75, 3.05) is 36.9 Å². The molecule has 1 aliphatic heterocycles. The van der Waals surface area contributed by atoms with Crippen LogP contribution < -0.4 is 10.6 Å². The maximum atomic E-state index is 13.5. The average molecular weight is 326 g/mol. The van der Waals surface area contributed by atoms with Crippen molar-refractivity contribution >= 4 is 22.9 Å². The van der Waals surface area contributed by atoms with Gasteiger partial charge in [-0.05, 0) is 12.1 Å². The predicted octanol–water partition coefficient (Wildman–Crippen LogP) is 1.64. The van der Waals surface area contributed by atoms with Gasteiger partial charge in [0.15, 0.2) is 17.0 Å². The van der Waals surface area contributed by atoms with E-state index in [0.717, 1.165) is 0 Å². The molecular weight excluding hydrogens is 311 g/mol. The second-order valence-corrected chi connectivity index (χ2v) is 5.44. The van der Waals surface area contributed by atoms with E-state index in [2.05, 4.69) is 19.9 Å². The van der Waals surface area contributed by atoms with Crippen LogP contribution in [0.15, 0.2) is 30.5 Å². The van der Waals surface area contributed by atoms with Crippen LogP contribution in [-0.4, -0.2) is 46.2 Å². The van der Waals surface area contributed by atoms with E-state index in [0.29, 0.717) is 54.5 Å². The summed E-state index contributed by atoms with van der Waals surface area (Å²) < 4.78 is 18.9. The number of benzene rings is 1. The summed E-state index contributed by atoms with van der Waals surface area (Å²) in [5.41, 5.74) is 7.98. The summed E-state index contributed by atoms with van der Waals surface area (Å²) in [7, 11) is 0. The van der Waals surface area contributed by atoms with Crippen molar-refractivity contribution < 1.29 is 9.13 Å². The Balaban J connectivity index is 1.86. The van der Waals surface area contributed by atoms with Gasteiger partial charge in [-0.3, -0.25) is 0 Å². The quantitative estimate of drug-likeness (QED) is 0.765. The normalized spacial score (nSPS) is 15.0. The molecule has 1 aromatic carbocycles. The van der Waals surface area contributed by atoms with E-state index in [9.17, 15) is 4.39 Å². The first-order chi connectivity index (χ1) is 11.7. The monoisotopic (exact) mass is 326 g/mol. The topological polar surface area (TPSA) is 90.0 Å². The minimum atomic E-state index is -0.323.